The first-order valence-electron chi connectivity index (χ1n) is 7.60. The van der Waals surface area contributed by atoms with Crippen molar-refractivity contribution in [2.75, 3.05) is 7.11 Å². The Morgan fingerprint density at radius 1 is 1.14 bits per heavy atom. The van der Waals surface area contributed by atoms with Crippen molar-refractivity contribution in [3.05, 3.63) is 52.3 Å². The van der Waals surface area contributed by atoms with Gasteiger partial charge in [-0.1, -0.05) is 25.0 Å². The molecule has 0 unspecified atom stereocenters. The number of nitrogens with zero attached hydrogens (tertiary/aromatic N) is 1. The van der Waals surface area contributed by atoms with E-state index in [1.54, 1.807) is 17.7 Å². The number of para-hydroxylation sites is 1. The van der Waals surface area contributed by atoms with Gasteiger partial charge in [0, 0.05) is 11.6 Å². The van der Waals surface area contributed by atoms with E-state index in [-0.39, 0.29) is 17.2 Å². The highest BCUT2D eigenvalue weighted by Gasteiger charge is 2.23. The van der Waals surface area contributed by atoms with Crippen LogP contribution in [0.2, 0.25) is 0 Å². The largest absolute Gasteiger partial charge is 0.496 e. The zero-order chi connectivity index (χ0) is 15.5. The molecule has 0 aliphatic heterocycles. The Morgan fingerprint density at radius 3 is 2.55 bits per heavy atom. The zero-order valence-electron chi connectivity index (χ0n) is 12.6. The second kappa shape index (κ2) is 6.18. The van der Waals surface area contributed by atoms with Crippen LogP contribution in [0.5, 0.6) is 5.75 Å². The molecule has 0 amide bonds. The van der Waals surface area contributed by atoms with Crippen molar-refractivity contribution in [2.24, 2.45) is 0 Å². The highest BCUT2D eigenvalue weighted by atomic mass is 16.5. The molecule has 0 radical (unpaired) electrons. The van der Waals surface area contributed by atoms with Gasteiger partial charge >= 0.3 is 0 Å². The van der Waals surface area contributed by atoms with Crippen LogP contribution in [0.25, 0.3) is 11.3 Å². The summed E-state index contributed by atoms with van der Waals surface area (Å²) in [6.07, 6.45) is 4.83. The van der Waals surface area contributed by atoms with E-state index in [1.807, 2.05) is 30.3 Å². The number of hydrogen-bond acceptors (Lipinski definition) is 3. The summed E-state index contributed by atoms with van der Waals surface area (Å²) in [4.78, 5) is 23.8. The van der Waals surface area contributed by atoms with E-state index in [0.717, 1.165) is 42.7 Å². The molecule has 114 valence electrons. The molecule has 1 aromatic carbocycles. The highest BCUT2D eigenvalue weighted by Crippen LogP contribution is 2.35. The fourth-order valence-electron chi connectivity index (χ4n) is 3.26. The van der Waals surface area contributed by atoms with Gasteiger partial charge in [-0.3, -0.25) is 9.59 Å². The molecule has 1 heterocycles. The van der Waals surface area contributed by atoms with Crippen LogP contribution in [0.3, 0.4) is 0 Å². The predicted octanol–water partition coefficient (Wildman–Crippen LogP) is 3.45. The Bertz CT molecular complexity index is 742. The Kier molecular flexibility index (Phi) is 4.09. The van der Waals surface area contributed by atoms with Crippen molar-refractivity contribution in [1.29, 1.82) is 0 Å². The second-order valence-corrected chi connectivity index (χ2v) is 5.61. The maximum atomic E-state index is 12.7. The lowest BCUT2D eigenvalue weighted by atomic mass is 10.1. The molecule has 1 saturated carbocycles. The first kappa shape index (κ1) is 14.6. The van der Waals surface area contributed by atoms with Gasteiger partial charge in [-0.15, -0.1) is 0 Å². The first-order chi connectivity index (χ1) is 10.8. The minimum atomic E-state index is -0.203. The third-order valence-corrected chi connectivity index (χ3v) is 4.35. The fraction of sp³-hybridized carbons (Fsp3) is 0.333. The zero-order valence-corrected chi connectivity index (χ0v) is 12.6. The van der Waals surface area contributed by atoms with Crippen LogP contribution >= 0.6 is 0 Å². The number of carbonyl (C=O) groups excluding carboxylic acids is 1. The minimum absolute atomic E-state index is 0.160. The van der Waals surface area contributed by atoms with Gasteiger partial charge in [-0.2, -0.15) is 0 Å². The molecule has 1 aromatic heterocycles. The molecule has 4 heteroatoms. The SMILES string of the molecule is COc1ccccc1-c1ccc(C=O)c(=O)n1C1CCCC1. The molecule has 0 N–H and O–H groups in total. The van der Waals surface area contributed by atoms with Crippen LogP contribution in [0.15, 0.2) is 41.2 Å². The summed E-state index contributed by atoms with van der Waals surface area (Å²) in [5.74, 6) is 0.729. The average Bonchev–Trinajstić information content (AvgIpc) is 3.08. The van der Waals surface area contributed by atoms with Crippen molar-refractivity contribution in [3.63, 3.8) is 0 Å². The molecular formula is C18H19NO3. The van der Waals surface area contributed by atoms with Crippen molar-refractivity contribution >= 4 is 6.29 Å². The fourth-order valence-corrected chi connectivity index (χ4v) is 3.26. The topological polar surface area (TPSA) is 48.3 Å². The van der Waals surface area contributed by atoms with Crippen LogP contribution < -0.4 is 10.3 Å². The number of carbonyl (C=O) groups is 1. The summed E-state index contributed by atoms with van der Waals surface area (Å²) in [5, 5.41) is 0. The molecule has 0 bridgehead atoms. The van der Waals surface area contributed by atoms with Crippen LogP contribution in [0, 0.1) is 0 Å². The lowest BCUT2D eigenvalue weighted by Gasteiger charge is -2.20. The van der Waals surface area contributed by atoms with Gasteiger partial charge in [0.15, 0.2) is 6.29 Å². The average molecular weight is 297 g/mol. The summed E-state index contributed by atoms with van der Waals surface area (Å²) in [5.41, 5.74) is 1.71. The van der Waals surface area contributed by atoms with E-state index >= 15 is 0 Å². The standard InChI is InChI=1S/C18H19NO3/c1-22-17-9-5-4-8-15(17)16-11-10-13(12-20)18(21)19(16)14-6-2-3-7-14/h4-5,8-12,14H,2-3,6-7H2,1H3. The third kappa shape index (κ3) is 2.45. The molecule has 2 aromatic rings. The quantitative estimate of drug-likeness (QED) is 0.812. The number of hydrogen-bond donors (Lipinski definition) is 0. The number of aldehydes is 1. The molecule has 1 aliphatic carbocycles. The summed E-state index contributed by atoms with van der Waals surface area (Å²) in [6, 6.07) is 11.3. The van der Waals surface area contributed by atoms with E-state index in [1.165, 1.54) is 0 Å². The van der Waals surface area contributed by atoms with Gasteiger partial charge in [0.2, 0.25) is 0 Å². The van der Waals surface area contributed by atoms with Crippen LogP contribution in [-0.2, 0) is 0 Å². The van der Waals surface area contributed by atoms with Crippen molar-refractivity contribution in [3.8, 4) is 17.0 Å². The lowest BCUT2D eigenvalue weighted by Crippen LogP contribution is -2.27. The maximum Gasteiger partial charge on any atom is 0.261 e. The molecule has 22 heavy (non-hydrogen) atoms. The number of benzene rings is 1. The number of pyridine rings is 1. The molecule has 0 saturated heterocycles. The highest BCUT2D eigenvalue weighted by molar-refractivity contribution is 5.76. The van der Waals surface area contributed by atoms with Crippen LogP contribution in [0.4, 0.5) is 0 Å². The Morgan fingerprint density at radius 2 is 1.86 bits per heavy atom. The van der Waals surface area contributed by atoms with Crippen molar-refractivity contribution in [1.82, 2.24) is 4.57 Å². The smallest absolute Gasteiger partial charge is 0.261 e. The van der Waals surface area contributed by atoms with E-state index in [2.05, 4.69) is 0 Å². The van der Waals surface area contributed by atoms with Gasteiger partial charge < -0.3 is 9.30 Å². The van der Waals surface area contributed by atoms with Crippen LogP contribution in [0.1, 0.15) is 42.1 Å². The molecule has 1 fully saturated rings. The number of methoxy groups -OCH3 is 1. The second-order valence-electron chi connectivity index (χ2n) is 5.61. The van der Waals surface area contributed by atoms with Gasteiger partial charge in [-0.05, 0) is 37.1 Å². The van der Waals surface area contributed by atoms with Gasteiger partial charge in [0.25, 0.3) is 5.56 Å². The van der Waals surface area contributed by atoms with Crippen molar-refractivity contribution < 1.29 is 9.53 Å². The number of aromatic nitrogens is 1. The van der Waals surface area contributed by atoms with Crippen molar-refractivity contribution in [2.45, 2.75) is 31.7 Å². The molecule has 1 aliphatic rings. The normalized spacial score (nSPS) is 15.0. The molecule has 0 atom stereocenters. The van der Waals surface area contributed by atoms with Gasteiger partial charge in [0.05, 0.1) is 18.4 Å². The Balaban J connectivity index is 2.25. The van der Waals surface area contributed by atoms with Gasteiger partial charge in [-0.25, -0.2) is 0 Å². The molecule has 4 nitrogen and oxygen atoms in total. The van der Waals surface area contributed by atoms with E-state index in [9.17, 15) is 9.59 Å². The first-order valence-corrected chi connectivity index (χ1v) is 7.60. The number of rotatable bonds is 4. The summed E-state index contributed by atoms with van der Waals surface area (Å²) < 4.78 is 7.22. The number of ether oxygens (including phenoxy) is 1. The summed E-state index contributed by atoms with van der Waals surface area (Å²) in [6.45, 7) is 0. The molecule has 3 rings (SSSR count). The Hall–Kier alpha value is -2.36. The van der Waals surface area contributed by atoms with Crippen LogP contribution in [-0.4, -0.2) is 18.0 Å². The lowest BCUT2D eigenvalue weighted by molar-refractivity contribution is 0.112. The monoisotopic (exact) mass is 297 g/mol. The molecular weight excluding hydrogens is 278 g/mol. The third-order valence-electron chi connectivity index (χ3n) is 4.35. The Labute approximate surface area is 129 Å². The summed E-state index contributed by atoms with van der Waals surface area (Å²) >= 11 is 0. The summed E-state index contributed by atoms with van der Waals surface area (Å²) in [7, 11) is 1.62. The maximum absolute atomic E-state index is 12.7. The minimum Gasteiger partial charge on any atom is -0.496 e. The predicted molar refractivity (Wildman–Crippen MR) is 85.6 cm³/mol. The van der Waals surface area contributed by atoms with Gasteiger partial charge in [0.1, 0.15) is 5.75 Å². The van der Waals surface area contributed by atoms with E-state index in [0.29, 0.717) is 6.29 Å². The van der Waals surface area contributed by atoms with E-state index < -0.39 is 0 Å². The van der Waals surface area contributed by atoms with E-state index in [4.69, 9.17) is 4.74 Å². The molecule has 0 spiro atoms.